The highest BCUT2D eigenvalue weighted by Crippen LogP contribution is 2.31. The first-order valence-electron chi connectivity index (χ1n) is 9.37. The standard InChI is InChI=1S/C19H30N6.ClH/c1-5-19(3,4)25-18(20-21-22-25)17(16-10-8-7-9-11-16)24-14-12-23(6-2)13-15-24;/h7-11,17H,5-6,12-15H2,1-4H3;1H. The second-order valence-electron chi connectivity index (χ2n) is 7.40. The van der Waals surface area contributed by atoms with Gasteiger partial charge in [0.05, 0.1) is 11.6 Å². The zero-order chi connectivity index (χ0) is 17.9. The molecule has 1 aliphatic rings. The van der Waals surface area contributed by atoms with Crippen molar-refractivity contribution < 1.29 is 0 Å². The van der Waals surface area contributed by atoms with E-state index in [1.165, 1.54) is 5.56 Å². The van der Waals surface area contributed by atoms with Crippen LogP contribution >= 0.6 is 12.4 Å². The lowest BCUT2D eigenvalue weighted by Crippen LogP contribution is -2.48. The number of nitrogens with zero attached hydrogens (tertiary/aromatic N) is 6. The summed E-state index contributed by atoms with van der Waals surface area (Å²) in [4.78, 5) is 5.02. The molecule has 1 aromatic heterocycles. The molecule has 2 aromatic rings. The van der Waals surface area contributed by atoms with E-state index in [1.807, 2.05) is 4.68 Å². The van der Waals surface area contributed by atoms with Crippen LogP contribution in [0, 0.1) is 0 Å². The average Bonchev–Trinajstić information content (AvgIpc) is 3.14. The van der Waals surface area contributed by atoms with Crippen LogP contribution in [0.25, 0.3) is 0 Å². The fraction of sp³-hybridized carbons (Fsp3) is 0.632. The third-order valence-corrected chi connectivity index (χ3v) is 5.51. The summed E-state index contributed by atoms with van der Waals surface area (Å²) in [5.74, 6) is 0.947. The Morgan fingerprint density at radius 2 is 1.69 bits per heavy atom. The van der Waals surface area contributed by atoms with Crippen LogP contribution < -0.4 is 0 Å². The maximum Gasteiger partial charge on any atom is 0.173 e. The molecule has 1 fully saturated rings. The zero-order valence-electron chi connectivity index (χ0n) is 16.3. The van der Waals surface area contributed by atoms with E-state index in [2.05, 4.69) is 83.4 Å². The van der Waals surface area contributed by atoms with E-state index in [0.717, 1.165) is 45.0 Å². The molecular formula is C19H31ClN6. The van der Waals surface area contributed by atoms with Gasteiger partial charge >= 0.3 is 0 Å². The van der Waals surface area contributed by atoms with Gasteiger partial charge in [-0.3, -0.25) is 4.90 Å². The Bertz CT molecular complexity index is 664. The van der Waals surface area contributed by atoms with Crippen molar-refractivity contribution in [3.05, 3.63) is 41.7 Å². The van der Waals surface area contributed by atoms with Gasteiger partial charge in [0.2, 0.25) is 0 Å². The second kappa shape index (κ2) is 8.93. The summed E-state index contributed by atoms with van der Waals surface area (Å²) in [6.45, 7) is 14.2. The molecule has 1 atom stereocenters. The monoisotopic (exact) mass is 378 g/mol. The molecule has 1 aromatic carbocycles. The first-order valence-corrected chi connectivity index (χ1v) is 9.37. The summed E-state index contributed by atoms with van der Waals surface area (Å²) in [7, 11) is 0. The van der Waals surface area contributed by atoms with E-state index in [1.54, 1.807) is 0 Å². The molecule has 0 aliphatic carbocycles. The SMILES string of the molecule is CCN1CCN(C(c2ccccc2)c2nnnn2C(C)(C)CC)CC1.Cl. The van der Waals surface area contributed by atoms with Gasteiger partial charge < -0.3 is 4.90 Å². The van der Waals surface area contributed by atoms with Crippen molar-refractivity contribution in [2.45, 2.75) is 45.7 Å². The lowest BCUT2D eigenvalue weighted by molar-refractivity contribution is 0.105. The van der Waals surface area contributed by atoms with Crippen LogP contribution in [0.2, 0.25) is 0 Å². The molecule has 0 radical (unpaired) electrons. The van der Waals surface area contributed by atoms with Crippen molar-refractivity contribution >= 4 is 12.4 Å². The number of benzene rings is 1. The van der Waals surface area contributed by atoms with Gasteiger partial charge in [0, 0.05) is 26.2 Å². The Hall–Kier alpha value is -1.50. The zero-order valence-corrected chi connectivity index (χ0v) is 17.1. The molecule has 0 spiro atoms. The van der Waals surface area contributed by atoms with Crippen molar-refractivity contribution in [3.63, 3.8) is 0 Å². The molecule has 3 rings (SSSR count). The van der Waals surface area contributed by atoms with E-state index < -0.39 is 0 Å². The quantitative estimate of drug-likeness (QED) is 0.773. The van der Waals surface area contributed by atoms with Crippen LogP contribution in [0.1, 0.15) is 51.5 Å². The van der Waals surface area contributed by atoms with Crippen molar-refractivity contribution in [3.8, 4) is 0 Å². The predicted octanol–water partition coefficient (Wildman–Crippen LogP) is 2.97. The van der Waals surface area contributed by atoms with Crippen LogP contribution in [0.3, 0.4) is 0 Å². The minimum absolute atomic E-state index is 0. The molecule has 6 nitrogen and oxygen atoms in total. The van der Waals surface area contributed by atoms with E-state index in [9.17, 15) is 0 Å². The summed E-state index contributed by atoms with van der Waals surface area (Å²) in [5, 5.41) is 12.9. The van der Waals surface area contributed by atoms with Crippen LogP contribution in [0.4, 0.5) is 0 Å². The van der Waals surface area contributed by atoms with E-state index >= 15 is 0 Å². The van der Waals surface area contributed by atoms with Gasteiger partial charge in [-0.15, -0.1) is 17.5 Å². The Balaban J connectivity index is 0.00000243. The normalized spacial score (nSPS) is 17.7. The smallest absolute Gasteiger partial charge is 0.173 e. The maximum absolute atomic E-state index is 4.47. The van der Waals surface area contributed by atoms with Gasteiger partial charge in [-0.05, 0) is 42.8 Å². The number of likely N-dealkylation sites (N-methyl/N-ethyl adjacent to an activating group) is 1. The average molecular weight is 379 g/mol. The molecule has 7 heteroatoms. The minimum atomic E-state index is -0.100. The fourth-order valence-electron chi connectivity index (χ4n) is 3.44. The van der Waals surface area contributed by atoms with Crippen molar-refractivity contribution in [1.29, 1.82) is 0 Å². The van der Waals surface area contributed by atoms with Crippen molar-refractivity contribution in [1.82, 2.24) is 30.0 Å². The number of halogens is 1. The van der Waals surface area contributed by atoms with Crippen LogP contribution in [-0.4, -0.2) is 62.7 Å². The number of aromatic nitrogens is 4. The topological polar surface area (TPSA) is 50.1 Å². The molecule has 26 heavy (non-hydrogen) atoms. The first kappa shape index (κ1) is 20.8. The summed E-state index contributed by atoms with van der Waals surface area (Å²) in [6.07, 6.45) is 0.982. The number of hydrogen-bond donors (Lipinski definition) is 0. The fourth-order valence-corrected chi connectivity index (χ4v) is 3.44. The Labute approximate surface area is 163 Å². The Morgan fingerprint density at radius 3 is 2.27 bits per heavy atom. The number of hydrogen-bond acceptors (Lipinski definition) is 5. The van der Waals surface area contributed by atoms with E-state index in [-0.39, 0.29) is 24.0 Å². The van der Waals surface area contributed by atoms with Gasteiger partial charge in [-0.2, -0.15) is 0 Å². The molecule has 0 saturated carbocycles. The largest absolute Gasteiger partial charge is 0.301 e. The Morgan fingerprint density at radius 1 is 1.04 bits per heavy atom. The number of tetrazole rings is 1. The van der Waals surface area contributed by atoms with Crippen molar-refractivity contribution in [2.75, 3.05) is 32.7 Å². The molecule has 1 unspecified atom stereocenters. The minimum Gasteiger partial charge on any atom is -0.301 e. The molecule has 1 saturated heterocycles. The molecular weight excluding hydrogens is 348 g/mol. The summed E-state index contributed by atoms with van der Waals surface area (Å²) in [5.41, 5.74) is 1.16. The molecule has 1 aliphatic heterocycles. The highest BCUT2D eigenvalue weighted by atomic mass is 35.5. The summed E-state index contributed by atoms with van der Waals surface area (Å²) >= 11 is 0. The van der Waals surface area contributed by atoms with Gasteiger partial charge in [0.25, 0.3) is 0 Å². The molecule has 0 N–H and O–H groups in total. The molecule has 0 bridgehead atoms. The molecule has 144 valence electrons. The van der Waals surface area contributed by atoms with Gasteiger partial charge in [0.1, 0.15) is 0 Å². The molecule has 2 heterocycles. The lowest BCUT2D eigenvalue weighted by Gasteiger charge is -2.39. The highest BCUT2D eigenvalue weighted by Gasteiger charge is 2.33. The van der Waals surface area contributed by atoms with E-state index in [4.69, 9.17) is 0 Å². The third-order valence-electron chi connectivity index (χ3n) is 5.51. The van der Waals surface area contributed by atoms with Crippen LogP contribution in [0.5, 0.6) is 0 Å². The van der Waals surface area contributed by atoms with Crippen LogP contribution in [0.15, 0.2) is 30.3 Å². The Kier molecular flexibility index (Phi) is 7.15. The number of piperazine rings is 1. The van der Waals surface area contributed by atoms with E-state index in [0.29, 0.717) is 0 Å². The molecule has 0 amide bonds. The second-order valence-corrected chi connectivity index (χ2v) is 7.40. The predicted molar refractivity (Wildman–Crippen MR) is 107 cm³/mol. The van der Waals surface area contributed by atoms with Gasteiger partial charge in [0.15, 0.2) is 5.82 Å². The number of rotatable bonds is 6. The van der Waals surface area contributed by atoms with Crippen molar-refractivity contribution in [2.24, 2.45) is 0 Å². The summed E-state index contributed by atoms with van der Waals surface area (Å²) in [6, 6.07) is 10.7. The first-order chi connectivity index (χ1) is 12.1. The van der Waals surface area contributed by atoms with Crippen LogP contribution in [-0.2, 0) is 5.54 Å². The third kappa shape index (κ3) is 4.24. The van der Waals surface area contributed by atoms with Gasteiger partial charge in [-0.25, -0.2) is 4.68 Å². The summed E-state index contributed by atoms with van der Waals surface area (Å²) < 4.78 is 2.02. The lowest BCUT2D eigenvalue weighted by atomic mass is 9.99. The highest BCUT2D eigenvalue weighted by molar-refractivity contribution is 5.85. The van der Waals surface area contributed by atoms with Gasteiger partial charge in [-0.1, -0.05) is 44.2 Å². The maximum atomic E-state index is 4.47.